The van der Waals surface area contributed by atoms with E-state index in [9.17, 15) is 4.79 Å². The van der Waals surface area contributed by atoms with E-state index in [1.165, 1.54) is 6.33 Å². The van der Waals surface area contributed by atoms with Crippen molar-refractivity contribution < 1.29 is 9.53 Å². The Morgan fingerprint density at radius 3 is 2.76 bits per heavy atom. The number of nitrogens with two attached hydrogens (primary N) is 1. The zero-order chi connectivity index (χ0) is 24.1. The van der Waals surface area contributed by atoms with Gasteiger partial charge < -0.3 is 20.4 Å². The summed E-state index contributed by atoms with van der Waals surface area (Å²) in [5.74, 6) is 1.49. The number of aromatic nitrogens is 4. The predicted octanol–water partition coefficient (Wildman–Crippen LogP) is 5.76. The number of nitrogen functional groups attached to an aromatic ring is 1. The van der Waals surface area contributed by atoms with E-state index in [4.69, 9.17) is 33.7 Å². The normalized spacial score (nSPS) is 11.0. The lowest BCUT2D eigenvalue weighted by molar-refractivity contribution is -0.121. The number of ether oxygens (including phenoxy) is 1. The number of rotatable bonds is 9. The summed E-state index contributed by atoms with van der Waals surface area (Å²) in [6.07, 6.45) is 5.04. The van der Waals surface area contributed by atoms with Crippen LogP contribution < -0.4 is 15.8 Å². The van der Waals surface area contributed by atoms with Crippen LogP contribution in [0.15, 0.2) is 53.5 Å². The Kier molecular flexibility index (Phi) is 7.87. The quantitative estimate of drug-likeness (QED) is 0.251. The fourth-order valence-electron chi connectivity index (χ4n) is 3.35. The molecule has 0 atom stereocenters. The lowest BCUT2D eigenvalue weighted by Crippen LogP contribution is -2.22. The van der Waals surface area contributed by atoms with Gasteiger partial charge in [-0.3, -0.25) is 4.79 Å². The molecule has 34 heavy (non-hydrogen) atoms. The van der Waals surface area contributed by atoms with Gasteiger partial charge in [-0.2, -0.15) is 0 Å². The van der Waals surface area contributed by atoms with Crippen LogP contribution in [0.25, 0.3) is 11.2 Å². The van der Waals surface area contributed by atoms with Gasteiger partial charge in [-0.25, -0.2) is 15.0 Å². The minimum atomic E-state index is -0.0366. The molecule has 2 aromatic heterocycles. The maximum absolute atomic E-state index is 12.4. The van der Waals surface area contributed by atoms with Gasteiger partial charge in [0.2, 0.25) is 5.91 Å². The van der Waals surface area contributed by atoms with Crippen molar-refractivity contribution in [2.24, 2.45) is 0 Å². The third-order valence-electron chi connectivity index (χ3n) is 5.11. The summed E-state index contributed by atoms with van der Waals surface area (Å²) in [6.45, 7) is 1.03. The molecule has 0 saturated carbocycles. The van der Waals surface area contributed by atoms with Crippen LogP contribution in [0.1, 0.15) is 24.8 Å². The largest absolute Gasteiger partial charge is 0.457 e. The van der Waals surface area contributed by atoms with Crippen LogP contribution in [0.4, 0.5) is 5.82 Å². The van der Waals surface area contributed by atoms with Gasteiger partial charge in [-0.05, 0) is 37.1 Å². The third-order valence-corrected chi connectivity index (χ3v) is 6.34. The second kappa shape index (κ2) is 11.0. The second-order valence-electron chi connectivity index (χ2n) is 7.53. The first kappa shape index (κ1) is 24.3. The van der Waals surface area contributed by atoms with Gasteiger partial charge in [0.25, 0.3) is 0 Å². The topological polar surface area (TPSA) is 108 Å². The number of fused-ring (bicyclic) bond motifs is 1. The lowest BCUT2D eigenvalue weighted by atomic mass is 10.2. The number of hydrogen-bond donors (Lipinski definition) is 2. The molecule has 0 bridgehead atoms. The minimum absolute atomic E-state index is 0.0366. The van der Waals surface area contributed by atoms with Crippen LogP contribution in [0.5, 0.6) is 11.5 Å². The molecule has 4 rings (SSSR count). The first-order chi connectivity index (χ1) is 16.4. The van der Waals surface area contributed by atoms with Crippen molar-refractivity contribution in [1.82, 2.24) is 24.8 Å². The highest BCUT2D eigenvalue weighted by molar-refractivity contribution is 9.10. The zero-order valence-corrected chi connectivity index (χ0v) is 21.1. The number of nitrogens with zero attached hydrogens (tertiary/aromatic N) is 4. The van der Waals surface area contributed by atoms with Crippen molar-refractivity contribution in [3.05, 3.63) is 69.1 Å². The molecule has 0 spiro atoms. The smallest absolute Gasteiger partial charge is 0.220 e. The van der Waals surface area contributed by atoms with E-state index in [0.29, 0.717) is 58.0 Å². The molecular formula is C23H21BrCl2N6O2. The molecule has 0 fully saturated rings. The fourth-order valence-corrected chi connectivity index (χ4v) is 3.98. The van der Waals surface area contributed by atoms with E-state index >= 15 is 0 Å². The molecule has 176 valence electrons. The Labute approximate surface area is 214 Å². The van der Waals surface area contributed by atoms with E-state index < -0.39 is 0 Å². The fraction of sp³-hybridized carbons (Fsp3) is 0.217. The van der Waals surface area contributed by atoms with Crippen molar-refractivity contribution in [3.63, 3.8) is 0 Å². The summed E-state index contributed by atoms with van der Waals surface area (Å²) >= 11 is 15.5. The van der Waals surface area contributed by atoms with Gasteiger partial charge >= 0.3 is 0 Å². The maximum Gasteiger partial charge on any atom is 0.220 e. The third kappa shape index (κ3) is 5.97. The summed E-state index contributed by atoms with van der Waals surface area (Å²) in [7, 11) is 0. The Bertz CT molecular complexity index is 1330. The van der Waals surface area contributed by atoms with Crippen LogP contribution in [-0.2, 0) is 17.9 Å². The minimum Gasteiger partial charge on any atom is -0.457 e. The van der Waals surface area contributed by atoms with E-state index in [0.717, 1.165) is 22.9 Å². The number of halogens is 3. The SMILES string of the molecule is Nc1ncnc2c1ncn2CCCCC(=O)NCc1ccc(Br)cc1Oc1ccc(Cl)c(Cl)c1. The second-order valence-corrected chi connectivity index (χ2v) is 9.26. The highest BCUT2D eigenvalue weighted by Crippen LogP contribution is 2.32. The first-order valence-electron chi connectivity index (χ1n) is 10.5. The molecule has 0 aliphatic heterocycles. The molecule has 0 aliphatic carbocycles. The van der Waals surface area contributed by atoms with E-state index in [2.05, 4.69) is 36.2 Å². The molecule has 11 heteroatoms. The number of nitrogens with one attached hydrogen (secondary N) is 1. The van der Waals surface area contributed by atoms with E-state index in [1.807, 2.05) is 22.8 Å². The first-order valence-corrected chi connectivity index (χ1v) is 12.0. The summed E-state index contributed by atoms with van der Waals surface area (Å²) in [6, 6.07) is 10.7. The molecule has 2 heterocycles. The summed E-state index contributed by atoms with van der Waals surface area (Å²) in [5, 5.41) is 3.82. The Morgan fingerprint density at radius 2 is 1.94 bits per heavy atom. The van der Waals surface area contributed by atoms with Crippen LogP contribution in [0, 0.1) is 0 Å². The molecule has 0 unspecified atom stereocenters. The van der Waals surface area contributed by atoms with Crippen LogP contribution >= 0.6 is 39.1 Å². The van der Waals surface area contributed by atoms with Gasteiger partial charge in [-0.15, -0.1) is 0 Å². The van der Waals surface area contributed by atoms with Crippen LogP contribution in [0.2, 0.25) is 10.0 Å². The lowest BCUT2D eigenvalue weighted by Gasteiger charge is -2.13. The van der Waals surface area contributed by atoms with Gasteiger partial charge in [-0.1, -0.05) is 45.2 Å². The highest BCUT2D eigenvalue weighted by Gasteiger charge is 2.11. The van der Waals surface area contributed by atoms with Crippen molar-refractivity contribution in [2.75, 3.05) is 5.73 Å². The number of carbonyl (C=O) groups is 1. The molecule has 0 radical (unpaired) electrons. The van der Waals surface area contributed by atoms with Gasteiger partial charge in [0.05, 0.1) is 16.4 Å². The summed E-state index contributed by atoms with van der Waals surface area (Å²) in [5.41, 5.74) is 7.94. The van der Waals surface area contributed by atoms with Gasteiger partial charge in [0.1, 0.15) is 23.3 Å². The number of benzene rings is 2. The number of aryl methyl sites for hydroxylation is 1. The predicted molar refractivity (Wildman–Crippen MR) is 136 cm³/mol. The number of imidazole rings is 1. The molecule has 0 aliphatic rings. The van der Waals surface area contributed by atoms with Crippen molar-refractivity contribution in [2.45, 2.75) is 32.4 Å². The van der Waals surface area contributed by atoms with E-state index in [-0.39, 0.29) is 5.91 Å². The number of amides is 1. The highest BCUT2D eigenvalue weighted by atomic mass is 79.9. The summed E-state index contributed by atoms with van der Waals surface area (Å²) in [4.78, 5) is 24.8. The number of hydrogen-bond acceptors (Lipinski definition) is 6. The molecule has 4 aromatic rings. The Hall–Kier alpha value is -2.88. The Balaban J connectivity index is 1.28. The number of anilines is 1. The molecular weight excluding hydrogens is 543 g/mol. The van der Waals surface area contributed by atoms with Gasteiger partial charge in [0.15, 0.2) is 11.5 Å². The van der Waals surface area contributed by atoms with E-state index in [1.54, 1.807) is 24.5 Å². The molecule has 0 saturated heterocycles. The maximum atomic E-state index is 12.4. The monoisotopic (exact) mass is 562 g/mol. The molecule has 8 nitrogen and oxygen atoms in total. The zero-order valence-electron chi connectivity index (χ0n) is 18.0. The van der Waals surface area contributed by atoms with Crippen molar-refractivity contribution in [1.29, 1.82) is 0 Å². The number of carbonyl (C=O) groups excluding carboxylic acids is 1. The van der Waals surface area contributed by atoms with Gasteiger partial charge in [0, 0.05) is 35.6 Å². The standard InChI is InChI=1S/C23H21BrCl2N6O2/c24-15-5-4-14(19(9-15)34-16-6-7-17(25)18(26)10-16)11-28-20(33)3-1-2-8-32-13-31-21-22(27)29-12-30-23(21)32/h4-7,9-10,12-13H,1-3,8,11H2,(H,28,33)(H2,27,29,30). The van der Waals surface area contributed by atoms with Crippen LogP contribution in [-0.4, -0.2) is 25.4 Å². The Morgan fingerprint density at radius 1 is 1.09 bits per heavy atom. The summed E-state index contributed by atoms with van der Waals surface area (Å²) < 4.78 is 8.76. The van der Waals surface area contributed by atoms with Crippen molar-refractivity contribution in [3.8, 4) is 11.5 Å². The van der Waals surface area contributed by atoms with Crippen molar-refractivity contribution >= 4 is 62.0 Å². The average Bonchev–Trinajstić information content (AvgIpc) is 3.23. The molecule has 1 amide bonds. The molecule has 3 N–H and O–H groups in total. The molecule has 2 aromatic carbocycles. The van der Waals surface area contributed by atoms with Crippen LogP contribution in [0.3, 0.4) is 0 Å². The average molecular weight is 564 g/mol. The number of unbranched alkanes of at least 4 members (excludes halogenated alkanes) is 1.